The zero-order valence-corrected chi connectivity index (χ0v) is 15.7. The number of hydrogen-bond acceptors (Lipinski definition) is 4. The average molecular weight is 363 g/mol. The lowest BCUT2D eigenvalue weighted by molar-refractivity contribution is -0.141. The monoisotopic (exact) mass is 363 g/mol. The quantitative estimate of drug-likeness (QED) is 0.611. The molecule has 1 saturated heterocycles. The number of carbonyl (C=O) groups is 2. The van der Waals surface area contributed by atoms with E-state index in [0.717, 1.165) is 24.2 Å². The van der Waals surface area contributed by atoms with Crippen molar-refractivity contribution in [1.29, 1.82) is 0 Å². The van der Waals surface area contributed by atoms with Crippen molar-refractivity contribution >= 4 is 11.9 Å². The Morgan fingerprint density at radius 2 is 2.08 bits per heavy atom. The Bertz CT molecular complexity index is 616. The van der Waals surface area contributed by atoms with E-state index >= 15 is 0 Å². The Kier molecular flexibility index (Phi) is 7.75. The highest BCUT2D eigenvalue weighted by atomic mass is 16.5. The molecule has 1 aromatic carbocycles. The summed E-state index contributed by atoms with van der Waals surface area (Å²) in [7, 11) is 1.62. The first-order valence-corrected chi connectivity index (χ1v) is 9.35. The molecule has 0 saturated carbocycles. The number of unbranched alkanes of at least 4 members (excludes halogenated alkanes) is 3. The number of carboxylic acid groups (broad SMARTS) is 1. The fourth-order valence-corrected chi connectivity index (χ4v) is 3.12. The van der Waals surface area contributed by atoms with Crippen LogP contribution in [0.15, 0.2) is 18.2 Å². The van der Waals surface area contributed by atoms with Crippen LogP contribution in [0.25, 0.3) is 0 Å². The Balaban J connectivity index is 1.90. The number of hydrogen-bond donors (Lipinski definition) is 1. The van der Waals surface area contributed by atoms with Gasteiger partial charge in [0, 0.05) is 19.5 Å². The number of ether oxygens (including phenoxy) is 2. The number of amides is 1. The third kappa shape index (κ3) is 5.64. The zero-order valence-electron chi connectivity index (χ0n) is 15.7. The molecule has 1 fully saturated rings. The van der Waals surface area contributed by atoms with Crippen LogP contribution in [0.3, 0.4) is 0 Å². The van der Waals surface area contributed by atoms with Gasteiger partial charge in [0.05, 0.1) is 19.6 Å². The fraction of sp³-hybridized carbons (Fsp3) is 0.600. The van der Waals surface area contributed by atoms with E-state index in [4.69, 9.17) is 14.6 Å². The first kappa shape index (κ1) is 20.1. The molecular formula is C20H29NO5. The van der Waals surface area contributed by atoms with Gasteiger partial charge in [0.15, 0.2) is 11.5 Å². The summed E-state index contributed by atoms with van der Waals surface area (Å²) in [5, 5.41) is 9.06. The van der Waals surface area contributed by atoms with Gasteiger partial charge >= 0.3 is 5.97 Å². The number of carbonyl (C=O) groups excluding carboxylic acids is 1. The van der Waals surface area contributed by atoms with Crippen LogP contribution in [0.1, 0.15) is 44.6 Å². The van der Waals surface area contributed by atoms with Gasteiger partial charge in [-0.2, -0.15) is 0 Å². The SMILES string of the molecule is CCCCCCOc1cc(CCN2CC(C(=O)O)CC2=O)ccc1OC. The second-order valence-corrected chi connectivity index (χ2v) is 6.72. The molecule has 1 heterocycles. The molecule has 1 aliphatic rings. The summed E-state index contributed by atoms with van der Waals surface area (Å²) in [6, 6.07) is 5.79. The van der Waals surface area contributed by atoms with Gasteiger partial charge < -0.3 is 19.5 Å². The summed E-state index contributed by atoms with van der Waals surface area (Å²) >= 11 is 0. The molecule has 0 spiro atoms. The number of methoxy groups -OCH3 is 1. The Morgan fingerprint density at radius 1 is 1.27 bits per heavy atom. The predicted molar refractivity (Wildman–Crippen MR) is 98.7 cm³/mol. The standard InChI is InChI=1S/C20H29NO5/c1-3-4-5-6-11-26-18-12-15(7-8-17(18)25-2)9-10-21-14-16(20(23)24)13-19(21)22/h7-8,12,16H,3-6,9-11,13-14H2,1-2H3,(H,23,24). The highest BCUT2D eigenvalue weighted by Crippen LogP contribution is 2.29. The third-order valence-electron chi connectivity index (χ3n) is 4.72. The Hall–Kier alpha value is -2.24. The Labute approximate surface area is 155 Å². The number of nitrogens with zero attached hydrogens (tertiary/aromatic N) is 1. The van der Waals surface area contributed by atoms with Crippen molar-refractivity contribution in [1.82, 2.24) is 4.90 Å². The van der Waals surface area contributed by atoms with Crippen LogP contribution in [0.2, 0.25) is 0 Å². The molecule has 1 aliphatic heterocycles. The van der Waals surface area contributed by atoms with Crippen LogP contribution in [0, 0.1) is 5.92 Å². The van der Waals surface area contributed by atoms with E-state index in [-0.39, 0.29) is 12.3 Å². The van der Waals surface area contributed by atoms with E-state index in [1.807, 2.05) is 18.2 Å². The van der Waals surface area contributed by atoms with Crippen molar-refractivity contribution in [2.75, 3.05) is 26.8 Å². The van der Waals surface area contributed by atoms with E-state index < -0.39 is 11.9 Å². The van der Waals surface area contributed by atoms with Gasteiger partial charge in [0.1, 0.15) is 0 Å². The Morgan fingerprint density at radius 3 is 2.73 bits per heavy atom. The van der Waals surface area contributed by atoms with Crippen molar-refractivity contribution in [2.45, 2.75) is 45.4 Å². The fourth-order valence-electron chi connectivity index (χ4n) is 3.12. The maximum Gasteiger partial charge on any atom is 0.308 e. The molecule has 1 N–H and O–H groups in total. The molecule has 26 heavy (non-hydrogen) atoms. The molecule has 6 heteroatoms. The summed E-state index contributed by atoms with van der Waals surface area (Å²) in [5.74, 6) is -0.146. The van der Waals surface area contributed by atoms with Crippen molar-refractivity contribution in [2.24, 2.45) is 5.92 Å². The van der Waals surface area contributed by atoms with Crippen LogP contribution in [0.4, 0.5) is 0 Å². The van der Waals surface area contributed by atoms with Gasteiger partial charge in [-0.3, -0.25) is 9.59 Å². The number of carboxylic acids is 1. The predicted octanol–water partition coefficient (Wildman–Crippen LogP) is 3.13. The molecule has 0 aliphatic carbocycles. The van der Waals surface area contributed by atoms with E-state index in [1.165, 1.54) is 12.8 Å². The van der Waals surface area contributed by atoms with Gasteiger partial charge in [-0.25, -0.2) is 0 Å². The lowest BCUT2D eigenvalue weighted by atomic mass is 10.1. The lowest BCUT2D eigenvalue weighted by Crippen LogP contribution is -2.28. The molecule has 6 nitrogen and oxygen atoms in total. The molecule has 1 atom stereocenters. The smallest absolute Gasteiger partial charge is 0.308 e. The molecule has 0 radical (unpaired) electrons. The van der Waals surface area contributed by atoms with Gasteiger partial charge in [-0.1, -0.05) is 32.3 Å². The maximum absolute atomic E-state index is 11.9. The summed E-state index contributed by atoms with van der Waals surface area (Å²) in [6.45, 7) is 3.65. The minimum Gasteiger partial charge on any atom is -0.493 e. The van der Waals surface area contributed by atoms with Crippen LogP contribution >= 0.6 is 0 Å². The van der Waals surface area contributed by atoms with Crippen LogP contribution in [-0.2, 0) is 16.0 Å². The first-order valence-electron chi connectivity index (χ1n) is 9.35. The van der Waals surface area contributed by atoms with Crippen molar-refractivity contribution in [3.8, 4) is 11.5 Å². The number of rotatable bonds is 11. The zero-order chi connectivity index (χ0) is 18.9. The molecule has 2 rings (SSSR count). The van der Waals surface area contributed by atoms with E-state index in [1.54, 1.807) is 12.0 Å². The van der Waals surface area contributed by atoms with Gasteiger partial charge in [-0.05, 0) is 30.5 Å². The molecule has 1 unspecified atom stereocenters. The molecule has 1 amide bonds. The minimum atomic E-state index is -0.899. The average Bonchev–Trinajstić information content (AvgIpc) is 3.01. The number of benzene rings is 1. The highest BCUT2D eigenvalue weighted by Gasteiger charge is 2.33. The van der Waals surface area contributed by atoms with Gasteiger partial charge in [-0.15, -0.1) is 0 Å². The molecule has 144 valence electrons. The summed E-state index contributed by atoms with van der Waals surface area (Å²) in [6.07, 6.45) is 5.33. The van der Waals surface area contributed by atoms with E-state index in [2.05, 4.69) is 6.92 Å². The molecule has 0 aromatic heterocycles. The van der Waals surface area contributed by atoms with Crippen molar-refractivity contribution < 1.29 is 24.2 Å². The molecule has 0 bridgehead atoms. The number of aliphatic carboxylic acids is 1. The maximum atomic E-state index is 11.9. The highest BCUT2D eigenvalue weighted by molar-refractivity contribution is 5.86. The van der Waals surface area contributed by atoms with Crippen LogP contribution in [-0.4, -0.2) is 48.7 Å². The van der Waals surface area contributed by atoms with Gasteiger partial charge in [0.25, 0.3) is 0 Å². The van der Waals surface area contributed by atoms with Crippen LogP contribution < -0.4 is 9.47 Å². The third-order valence-corrected chi connectivity index (χ3v) is 4.72. The van der Waals surface area contributed by atoms with E-state index in [9.17, 15) is 9.59 Å². The second kappa shape index (κ2) is 10.0. The van der Waals surface area contributed by atoms with Gasteiger partial charge in [0.2, 0.25) is 5.91 Å². The van der Waals surface area contributed by atoms with Crippen LogP contribution in [0.5, 0.6) is 11.5 Å². The topological polar surface area (TPSA) is 76.1 Å². The van der Waals surface area contributed by atoms with E-state index in [0.29, 0.717) is 31.9 Å². The van der Waals surface area contributed by atoms with Crippen molar-refractivity contribution in [3.63, 3.8) is 0 Å². The second-order valence-electron chi connectivity index (χ2n) is 6.72. The molecular weight excluding hydrogens is 334 g/mol. The normalized spacial score (nSPS) is 16.8. The number of likely N-dealkylation sites (tertiary alicyclic amines) is 1. The van der Waals surface area contributed by atoms with Crippen molar-refractivity contribution in [3.05, 3.63) is 23.8 Å². The molecule has 1 aromatic rings. The first-order chi connectivity index (χ1) is 12.5. The summed E-state index contributed by atoms with van der Waals surface area (Å²) < 4.78 is 11.2. The lowest BCUT2D eigenvalue weighted by Gasteiger charge is -2.17. The summed E-state index contributed by atoms with van der Waals surface area (Å²) in [4.78, 5) is 24.6. The minimum absolute atomic E-state index is 0.0849. The summed E-state index contributed by atoms with van der Waals surface area (Å²) in [5.41, 5.74) is 1.04. The largest absolute Gasteiger partial charge is 0.493 e.